The van der Waals surface area contributed by atoms with E-state index >= 15 is 0 Å². The Balaban J connectivity index is 2.47. The highest BCUT2D eigenvalue weighted by Crippen LogP contribution is 2.09. The van der Waals surface area contributed by atoms with Crippen LogP contribution in [0.25, 0.3) is 0 Å². The van der Waals surface area contributed by atoms with E-state index in [1.54, 1.807) is 6.92 Å². The number of ether oxygens (including phenoxy) is 2. The lowest BCUT2D eigenvalue weighted by Gasteiger charge is -2.13. The van der Waals surface area contributed by atoms with E-state index in [1.165, 1.54) is 6.20 Å². The molecule has 0 atom stereocenters. The zero-order valence-electron chi connectivity index (χ0n) is 9.68. The van der Waals surface area contributed by atoms with Gasteiger partial charge in [0, 0.05) is 6.51 Å². The van der Waals surface area contributed by atoms with Crippen molar-refractivity contribution in [1.82, 2.24) is 15.0 Å². The third-order valence-corrected chi connectivity index (χ3v) is 1.84. The molecule has 0 fully saturated rings. The van der Waals surface area contributed by atoms with Crippen molar-refractivity contribution in [2.45, 2.75) is 20.1 Å². The first-order valence-electron chi connectivity index (χ1n) is 5.24. The molecule has 0 aliphatic carbocycles. The molecule has 102 valence electrons. The summed E-state index contributed by atoms with van der Waals surface area (Å²) in [4.78, 5) is 11.2. The van der Waals surface area contributed by atoms with Gasteiger partial charge in [-0.25, -0.2) is 4.68 Å². The first kappa shape index (κ1) is 14.5. The average molecular weight is 266 g/mol. The van der Waals surface area contributed by atoms with E-state index in [1.807, 2.05) is 0 Å². The molecule has 1 rings (SSSR count). The van der Waals surface area contributed by atoms with E-state index in [0.29, 0.717) is 0 Å². The molecule has 0 aromatic carbocycles. The summed E-state index contributed by atoms with van der Waals surface area (Å²) in [5.74, 6) is -0.538. The monoisotopic (exact) mass is 266 g/mol. The smallest absolute Gasteiger partial charge is 0.465 e. The quantitative estimate of drug-likeness (QED) is 0.538. The normalized spacial score (nSPS) is 11.6. The van der Waals surface area contributed by atoms with Gasteiger partial charge >= 0.3 is 12.9 Å². The van der Waals surface area contributed by atoms with Crippen molar-refractivity contribution in [3.8, 4) is 0 Å². The lowest BCUT2D eigenvalue weighted by molar-refractivity contribution is -0.144. The lowest BCUT2D eigenvalue weighted by atomic mass is 9.95. The second kappa shape index (κ2) is 6.38. The van der Waals surface area contributed by atoms with Crippen LogP contribution in [0.3, 0.4) is 0 Å². The van der Waals surface area contributed by atoms with Crippen molar-refractivity contribution in [3.63, 3.8) is 0 Å². The van der Waals surface area contributed by atoms with E-state index in [4.69, 9.17) is 0 Å². The topological polar surface area (TPSA) is 66.2 Å². The molecule has 18 heavy (non-hydrogen) atoms. The molecule has 1 heterocycles. The molecule has 0 aliphatic rings. The summed E-state index contributed by atoms with van der Waals surface area (Å²) in [6, 6.07) is 0. The number of carbonyl (C=O) groups is 1. The Morgan fingerprint density at radius 2 is 2.22 bits per heavy atom. The van der Waals surface area contributed by atoms with E-state index in [9.17, 15) is 17.7 Å². The van der Waals surface area contributed by atoms with Crippen molar-refractivity contribution in [1.29, 1.82) is 0 Å². The van der Waals surface area contributed by atoms with Crippen LogP contribution in [0.1, 0.15) is 12.6 Å². The maximum Gasteiger partial charge on any atom is 0.503 e. The van der Waals surface area contributed by atoms with Gasteiger partial charge in [-0.15, -0.1) is 5.10 Å². The molecule has 0 unspecified atom stereocenters. The van der Waals surface area contributed by atoms with Gasteiger partial charge < -0.3 is 22.4 Å². The molecule has 0 bridgehead atoms. The van der Waals surface area contributed by atoms with Crippen LogP contribution in [0, 0.1) is 0 Å². The van der Waals surface area contributed by atoms with Gasteiger partial charge in [0.25, 0.3) is 0 Å². The van der Waals surface area contributed by atoms with Crippen molar-refractivity contribution in [2.24, 2.45) is 0 Å². The van der Waals surface area contributed by atoms with Crippen LogP contribution >= 0.6 is 0 Å². The molecule has 0 saturated heterocycles. The minimum Gasteiger partial charge on any atom is -0.465 e. The van der Waals surface area contributed by atoms with Crippen LogP contribution in [-0.4, -0.2) is 41.1 Å². The number of nitrogens with zero attached hydrogens (tertiary/aromatic N) is 3. The highest BCUT2D eigenvalue weighted by Gasteiger charge is 2.23. The molecule has 0 N–H and O–H groups in total. The number of carbonyl (C=O) groups excluding carboxylic acids is 1. The Hall–Kier alpha value is -1.58. The zero-order chi connectivity index (χ0) is 13.6. The van der Waals surface area contributed by atoms with Gasteiger partial charge in [0.15, 0.2) is 0 Å². The van der Waals surface area contributed by atoms with Gasteiger partial charge in [-0.05, 0) is 6.92 Å². The fourth-order valence-electron chi connectivity index (χ4n) is 1.15. The Bertz CT molecular complexity index is 396. The van der Waals surface area contributed by atoms with Crippen molar-refractivity contribution in [2.75, 3.05) is 13.1 Å². The second-order valence-electron chi connectivity index (χ2n) is 3.41. The molecule has 0 amide bonds. The molecule has 10 heteroatoms. The van der Waals surface area contributed by atoms with Gasteiger partial charge in [0.1, 0.15) is 6.54 Å². The number of halogens is 3. The largest absolute Gasteiger partial charge is 0.503 e. The predicted molar refractivity (Wildman–Crippen MR) is 55.4 cm³/mol. The number of esters is 1. The third-order valence-electron chi connectivity index (χ3n) is 1.84. The maximum absolute atomic E-state index is 11.9. The minimum atomic E-state index is -4.99. The summed E-state index contributed by atoms with van der Waals surface area (Å²) >= 11 is 0. The van der Waals surface area contributed by atoms with Gasteiger partial charge in [0.2, 0.25) is 0 Å². The SMILES string of the molecule is CCOC(=O)Cn1nncc1COC[B-](F)(F)F. The van der Waals surface area contributed by atoms with Crippen molar-refractivity contribution >= 4 is 12.9 Å². The summed E-state index contributed by atoms with van der Waals surface area (Å²) in [5, 5.41) is 7.06. The maximum atomic E-state index is 11.9. The van der Waals surface area contributed by atoms with Gasteiger partial charge in [0.05, 0.1) is 25.1 Å². The molecule has 1 aromatic heterocycles. The van der Waals surface area contributed by atoms with E-state index in [0.717, 1.165) is 4.68 Å². The summed E-state index contributed by atoms with van der Waals surface area (Å²) in [6.07, 6.45) is 1.24. The fourth-order valence-corrected chi connectivity index (χ4v) is 1.15. The minimum absolute atomic E-state index is 0.205. The number of rotatable bonds is 7. The molecule has 0 radical (unpaired) electrons. The lowest BCUT2D eigenvalue weighted by Crippen LogP contribution is -2.24. The predicted octanol–water partition coefficient (Wildman–Crippen LogP) is 0.744. The molecule has 0 aliphatic heterocycles. The summed E-state index contributed by atoms with van der Waals surface area (Å²) < 4.78 is 46.1. The number of hydrogen-bond acceptors (Lipinski definition) is 5. The first-order chi connectivity index (χ1) is 8.42. The van der Waals surface area contributed by atoms with E-state index in [2.05, 4.69) is 19.8 Å². The molecular weight excluding hydrogens is 254 g/mol. The van der Waals surface area contributed by atoms with Crippen LogP contribution in [0.15, 0.2) is 6.20 Å². The standard InChI is InChI=1S/C8H12BF3N3O3/c1-2-18-8(16)4-15-7(3-13-14-15)5-17-6-9(10,11)12/h3H,2,4-6H2,1H3/q-1. The molecular formula is C8H12BF3N3O3-. The van der Waals surface area contributed by atoms with Gasteiger partial charge in [-0.3, -0.25) is 4.79 Å². The Morgan fingerprint density at radius 1 is 1.50 bits per heavy atom. The summed E-state index contributed by atoms with van der Waals surface area (Å²) in [6.45, 7) is -4.94. The average Bonchev–Trinajstić information content (AvgIpc) is 2.64. The number of hydrogen-bond donors (Lipinski definition) is 0. The third kappa shape index (κ3) is 5.17. The highest BCUT2D eigenvalue weighted by atomic mass is 19.4. The van der Waals surface area contributed by atoms with Crippen molar-refractivity contribution < 1.29 is 27.2 Å². The first-order valence-corrected chi connectivity index (χ1v) is 5.24. The fraction of sp³-hybridized carbons (Fsp3) is 0.625. The number of aromatic nitrogens is 3. The molecule has 1 aromatic rings. The van der Waals surface area contributed by atoms with Crippen LogP contribution in [-0.2, 0) is 27.4 Å². The van der Waals surface area contributed by atoms with Gasteiger partial charge in [-0.2, -0.15) is 0 Å². The van der Waals surface area contributed by atoms with E-state index < -0.39 is 19.5 Å². The van der Waals surface area contributed by atoms with Crippen LogP contribution in [0.2, 0.25) is 0 Å². The van der Waals surface area contributed by atoms with E-state index in [-0.39, 0.29) is 25.5 Å². The van der Waals surface area contributed by atoms with Crippen LogP contribution < -0.4 is 0 Å². The Kier molecular flexibility index (Phi) is 5.14. The Morgan fingerprint density at radius 3 is 2.83 bits per heavy atom. The van der Waals surface area contributed by atoms with Crippen LogP contribution in [0.5, 0.6) is 0 Å². The highest BCUT2D eigenvalue weighted by molar-refractivity contribution is 6.58. The van der Waals surface area contributed by atoms with Gasteiger partial charge in [-0.1, -0.05) is 5.21 Å². The molecule has 6 nitrogen and oxygen atoms in total. The zero-order valence-corrected chi connectivity index (χ0v) is 9.68. The Labute approximate surface area is 101 Å². The molecule has 0 saturated carbocycles. The molecule has 0 spiro atoms. The second-order valence-corrected chi connectivity index (χ2v) is 3.41. The summed E-state index contributed by atoms with van der Waals surface area (Å²) in [5.41, 5.74) is 0.281. The summed E-state index contributed by atoms with van der Waals surface area (Å²) in [7, 11) is 0. The van der Waals surface area contributed by atoms with Crippen LogP contribution in [0.4, 0.5) is 12.9 Å². The van der Waals surface area contributed by atoms with Crippen molar-refractivity contribution in [3.05, 3.63) is 11.9 Å².